The smallest absolute Gasteiger partial charge is 0.331 e. The predicted molar refractivity (Wildman–Crippen MR) is 91.3 cm³/mol. The Balaban J connectivity index is 1.70. The number of hydrogen-bond acceptors (Lipinski definition) is 4. The third-order valence-corrected chi connectivity index (χ3v) is 4.21. The Morgan fingerprint density at radius 3 is 2.80 bits per heavy atom. The molecule has 1 aromatic carbocycles. The first-order chi connectivity index (χ1) is 11.8. The summed E-state index contributed by atoms with van der Waals surface area (Å²) in [5, 5.41) is 5.58. The van der Waals surface area contributed by atoms with Gasteiger partial charge in [0.15, 0.2) is 0 Å². The monoisotopic (exact) mass is 342 g/mol. The van der Waals surface area contributed by atoms with E-state index in [4.69, 9.17) is 0 Å². The van der Waals surface area contributed by atoms with Gasteiger partial charge in [0, 0.05) is 25.0 Å². The van der Waals surface area contributed by atoms with Crippen molar-refractivity contribution in [3.8, 4) is 0 Å². The third-order valence-electron chi connectivity index (χ3n) is 4.21. The predicted octanol–water partition coefficient (Wildman–Crippen LogP) is -0.0810. The highest BCUT2D eigenvalue weighted by Gasteiger charge is 2.19. The molecular formula is C17H18N4O4. The molecule has 1 atom stereocenters. The summed E-state index contributed by atoms with van der Waals surface area (Å²) in [6.45, 7) is 1.65. The van der Waals surface area contributed by atoms with E-state index in [2.05, 4.69) is 10.6 Å². The van der Waals surface area contributed by atoms with Gasteiger partial charge in [-0.15, -0.1) is 0 Å². The van der Waals surface area contributed by atoms with Crippen molar-refractivity contribution >= 4 is 17.5 Å². The number of carbonyl (C=O) groups excluding carboxylic acids is 2. The van der Waals surface area contributed by atoms with E-state index in [1.54, 1.807) is 0 Å². The van der Waals surface area contributed by atoms with Crippen LogP contribution in [-0.4, -0.2) is 20.9 Å². The first-order valence-electron chi connectivity index (χ1n) is 7.83. The number of nitrogens with zero attached hydrogens (tertiary/aromatic N) is 2. The van der Waals surface area contributed by atoms with Crippen LogP contribution in [0.25, 0.3) is 0 Å². The molecule has 8 heteroatoms. The van der Waals surface area contributed by atoms with Crippen molar-refractivity contribution in [3.63, 3.8) is 0 Å². The molecule has 0 radical (unpaired) electrons. The number of hydrogen-bond donors (Lipinski definition) is 2. The van der Waals surface area contributed by atoms with Crippen LogP contribution in [0.2, 0.25) is 0 Å². The maximum atomic E-state index is 12.2. The Bertz CT molecular complexity index is 973. The zero-order valence-corrected chi connectivity index (χ0v) is 13.9. The molecular weight excluding hydrogens is 324 g/mol. The Hall–Kier alpha value is -3.16. The van der Waals surface area contributed by atoms with E-state index < -0.39 is 11.2 Å². The van der Waals surface area contributed by atoms with E-state index in [-0.39, 0.29) is 24.4 Å². The molecule has 0 aliphatic carbocycles. The Morgan fingerprint density at radius 2 is 2.04 bits per heavy atom. The van der Waals surface area contributed by atoms with Gasteiger partial charge in [0.1, 0.15) is 6.54 Å². The quantitative estimate of drug-likeness (QED) is 0.811. The van der Waals surface area contributed by atoms with Crippen molar-refractivity contribution in [1.82, 2.24) is 14.5 Å². The topological polar surface area (TPSA) is 102 Å². The van der Waals surface area contributed by atoms with E-state index in [0.29, 0.717) is 6.42 Å². The van der Waals surface area contributed by atoms with E-state index in [1.807, 2.05) is 25.1 Å². The van der Waals surface area contributed by atoms with Crippen molar-refractivity contribution in [2.75, 3.05) is 5.32 Å². The minimum Gasteiger partial charge on any atom is -0.348 e. The molecule has 1 aromatic heterocycles. The highest BCUT2D eigenvalue weighted by atomic mass is 16.2. The molecule has 0 bridgehead atoms. The Kier molecular flexibility index (Phi) is 4.26. The van der Waals surface area contributed by atoms with Crippen LogP contribution in [0.3, 0.4) is 0 Å². The van der Waals surface area contributed by atoms with Gasteiger partial charge in [-0.2, -0.15) is 0 Å². The van der Waals surface area contributed by atoms with Gasteiger partial charge in [-0.25, -0.2) is 4.79 Å². The van der Waals surface area contributed by atoms with Crippen LogP contribution in [0.1, 0.15) is 24.1 Å². The Morgan fingerprint density at radius 1 is 1.28 bits per heavy atom. The SMILES string of the molecule is C[C@H](NC(=O)Cn1ccc(=O)n(C)c1=O)c1ccc2c(c1)CC(=O)N2. The summed E-state index contributed by atoms with van der Waals surface area (Å²) in [4.78, 5) is 46.9. The van der Waals surface area contributed by atoms with Crippen LogP contribution in [0.5, 0.6) is 0 Å². The van der Waals surface area contributed by atoms with Gasteiger partial charge in [-0.05, 0) is 24.1 Å². The Labute approximate surface area is 143 Å². The summed E-state index contributed by atoms with van der Waals surface area (Å²) in [5.74, 6) is -0.388. The number of rotatable bonds is 4. The molecule has 1 aliphatic heterocycles. The molecule has 2 heterocycles. The molecule has 2 N–H and O–H groups in total. The van der Waals surface area contributed by atoms with E-state index in [1.165, 1.54) is 23.9 Å². The van der Waals surface area contributed by atoms with E-state index in [9.17, 15) is 19.2 Å². The van der Waals surface area contributed by atoms with Crippen molar-refractivity contribution in [1.29, 1.82) is 0 Å². The second kappa shape index (κ2) is 6.39. The number of aromatic nitrogens is 2. The summed E-state index contributed by atoms with van der Waals surface area (Å²) in [6.07, 6.45) is 1.64. The molecule has 8 nitrogen and oxygen atoms in total. The fourth-order valence-electron chi connectivity index (χ4n) is 2.78. The lowest BCUT2D eigenvalue weighted by molar-refractivity contribution is -0.122. The first-order valence-corrected chi connectivity index (χ1v) is 7.83. The maximum absolute atomic E-state index is 12.2. The summed E-state index contributed by atoms with van der Waals surface area (Å²) < 4.78 is 2.12. The molecule has 1 aliphatic rings. The van der Waals surface area contributed by atoms with Crippen molar-refractivity contribution < 1.29 is 9.59 Å². The highest BCUT2D eigenvalue weighted by Crippen LogP contribution is 2.26. The van der Waals surface area contributed by atoms with Gasteiger partial charge in [0.25, 0.3) is 5.56 Å². The van der Waals surface area contributed by atoms with Crippen LogP contribution < -0.4 is 21.9 Å². The standard InChI is InChI=1S/C17H18N4O4/c1-10(11-3-4-13-12(7-11)8-14(22)19-13)18-15(23)9-21-6-5-16(24)20(2)17(21)25/h3-7,10H,8-9H2,1-2H3,(H,18,23)(H,19,22)/t10-/m0/s1. The van der Waals surface area contributed by atoms with Gasteiger partial charge in [-0.3, -0.25) is 23.5 Å². The fourth-order valence-corrected chi connectivity index (χ4v) is 2.78. The van der Waals surface area contributed by atoms with Crippen LogP contribution in [0.4, 0.5) is 5.69 Å². The fraction of sp³-hybridized carbons (Fsp3) is 0.294. The average Bonchev–Trinajstić information content (AvgIpc) is 2.94. The highest BCUT2D eigenvalue weighted by molar-refractivity contribution is 5.99. The molecule has 0 unspecified atom stereocenters. The zero-order chi connectivity index (χ0) is 18.1. The molecule has 2 amide bonds. The summed E-state index contributed by atoms with van der Waals surface area (Å²) in [5.41, 5.74) is 1.60. The van der Waals surface area contributed by atoms with Crippen LogP contribution in [0, 0.1) is 0 Å². The number of nitrogens with one attached hydrogen (secondary N) is 2. The third kappa shape index (κ3) is 3.37. The molecule has 25 heavy (non-hydrogen) atoms. The van der Waals surface area contributed by atoms with Gasteiger partial charge >= 0.3 is 5.69 Å². The molecule has 0 fully saturated rings. The number of amides is 2. The largest absolute Gasteiger partial charge is 0.348 e. The first kappa shape index (κ1) is 16.7. The lowest BCUT2D eigenvalue weighted by atomic mass is 10.0. The van der Waals surface area contributed by atoms with Crippen molar-refractivity contribution in [3.05, 3.63) is 62.4 Å². The number of fused-ring (bicyclic) bond motifs is 1. The molecule has 3 rings (SSSR count). The second-order valence-corrected chi connectivity index (χ2v) is 6.05. The van der Waals surface area contributed by atoms with Gasteiger partial charge in [0.2, 0.25) is 11.8 Å². The van der Waals surface area contributed by atoms with E-state index in [0.717, 1.165) is 21.4 Å². The van der Waals surface area contributed by atoms with Crippen molar-refractivity contribution in [2.24, 2.45) is 7.05 Å². The molecule has 0 spiro atoms. The molecule has 130 valence electrons. The average molecular weight is 342 g/mol. The van der Waals surface area contributed by atoms with Gasteiger partial charge in [0.05, 0.1) is 12.5 Å². The van der Waals surface area contributed by atoms with Gasteiger partial charge in [-0.1, -0.05) is 12.1 Å². The summed E-state index contributed by atoms with van der Waals surface area (Å²) in [6, 6.07) is 6.50. The summed E-state index contributed by atoms with van der Waals surface area (Å²) in [7, 11) is 1.36. The number of anilines is 1. The van der Waals surface area contributed by atoms with Crippen LogP contribution in [-0.2, 0) is 29.6 Å². The normalized spacial score (nSPS) is 13.9. The minimum absolute atomic E-state index is 0.0436. The molecule has 0 saturated heterocycles. The van der Waals surface area contributed by atoms with Crippen molar-refractivity contribution in [2.45, 2.75) is 25.9 Å². The minimum atomic E-state index is -0.544. The molecule has 2 aromatic rings. The lowest BCUT2D eigenvalue weighted by Crippen LogP contribution is -2.40. The summed E-state index contributed by atoms with van der Waals surface area (Å²) >= 11 is 0. The van der Waals surface area contributed by atoms with Gasteiger partial charge < -0.3 is 10.6 Å². The zero-order valence-electron chi connectivity index (χ0n) is 13.9. The second-order valence-electron chi connectivity index (χ2n) is 6.05. The maximum Gasteiger partial charge on any atom is 0.331 e. The van der Waals surface area contributed by atoms with Crippen LogP contribution >= 0.6 is 0 Å². The van der Waals surface area contributed by atoms with E-state index >= 15 is 0 Å². The lowest BCUT2D eigenvalue weighted by Gasteiger charge is -2.16. The molecule has 0 saturated carbocycles. The van der Waals surface area contributed by atoms with Crippen LogP contribution in [0.15, 0.2) is 40.1 Å². The number of benzene rings is 1. The number of carbonyl (C=O) groups is 2.